The van der Waals surface area contributed by atoms with Crippen LogP contribution in [0.1, 0.15) is 19.3 Å². The number of likely N-dealkylation sites (tertiary alicyclic amines) is 1. The molecular formula is C12H25N3OS. The van der Waals surface area contributed by atoms with Crippen LogP contribution in [0.25, 0.3) is 0 Å². The second-order valence-electron chi connectivity index (χ2n) is 4.70. The van der Waals surface area contributed by atoms with Crippen LogP contribution < -0.4 is 5.73 Å². The zero-order valence-electron chi connectivity index (χ0n) is 11.0. The molecule has 1 aliphatic heterocycles. The van der Waals surface area contributed by atoms with Crippen molar-refractivity contribution in [3.63, 3.8) is 0 Å². The number of carbonyl (C=O) groups excluding carboxylic acids is 1. The quantitative estimate of drug-likeness (QED) is 0.728. The Kier molecular flexibility index (Phi) is 6.92. The Morgan fingerprint density at radius 3 is 2.71 bits per heavy atom. The fraction of sp³-hybridized carbons (Fsp3) is 0.917. The van der Waals surface area contributed by atoms with Crippen LogP contribution in [0.4, 0.5) is 0 Å². The second-order valence-corrected chi connectivity index (χ2v) is 5.68. The highest BCUT2D eigenvalue weighted by Crippen LogP contribution is 2.07. The Balaban J connectivity index is 2.20. The van der Waals surface area contributed by atoms with Gasteiger partial charge in [0.2, 0.25) is 5.91 Å². The van der Waals surface area contributed by atoms with E-state index in [2.05, 4.69) is 4.90 Å². The van der Waals surface area contributed by atoms with Gasteiger partial charge in [0.15, 0.2) is 0 Å². The van der Waals surface area contributed by atoms with Crippen molar-refractivity contribution in [3.8, 4) is 0 Å². The number of nitrogens with two attached hydrogens (primary N) is 1. The Labute approximate surface area is 109 Å². The molecule has 0 aromatic rings. The molecule has 0 bridgehead atoms. The van der Waals surface area contributed by atoms with Gasteiger partial charge in [0.1, 0.15) is 0 Å². The molecule has 100 valence electrons. The fourth-order valence-electron chi connectivity index (χ4n) is 2.06. The van der Waals surface area contributed by atoms with E-state index in [1.165, 1.54) is 25.9 Å². The van der Waals surface area contributed by atoms with Gasteiger partial charge in [-0.2, -0.15) is 11.8 Å². The highest BCUT2D eigenvalue weighted by Gasteiger charge is 2.18. The van der Waals surface area contributed by atoms with Crippen molar-refractivity contribution in [2.45, 2.75) is 25.3 Å². The van der Waals surface area contributed by atoms with Crippen LogP contribution >= 0.6 is 11.8 Å². The van der Waals surface area contributed by atoms with E-state index in [1.54, 1.807) is 16.7 Å². The molecule has 2 N–H and O–H groups in total. The zero-order valence-corrected chi connectivity index (χ0v) is 11.8. The summed E-state index contributed by atoms with van der Waals surface area (Å²) in [4.78, 5) is 16.1. The zero-order chi connectivity index (χ0) is 12.7. The van der Waals surface area contributed by atoms with Crippen LogP contribution in [0.2, 0.25) is 0 Å². The first-order valence-corrected chi connectivity index (χ1v) is 7.76. The Bertz CT molecular complexity index is 232. The molecule has 0 unspecified atom stereocenters. The van der Waals surface area contributed by atoms with Crippen LogP contribution in [-0.2, 0) is 4.79 Å². The van der Waals surface area contributed by atoms with Gasteiger partial charge in [-0.25, -0.2) is 0 Å². The third-order valence-electron chi connectivity index (χ3n) is 3.28. The SMILES string of the molecule is CSCC[C@H](N)C(=O)N(C)CCN1CCCC1. The van der Waals surface area contributed by atoms with Crippen LogP contribution in [0, 0.1) is 0 Å². The Morgan fingerprint density at radius 1 is 1.47 bits per heavy atom. The van der Waals surface area contributed by atoms with E-state index in [0.717, 1.165) is 25.3 Å². The third-order valence-corrected chi connectivity index (χ3v) is 3.92. The van der Waals surface area contributed by atoms with Crippen molar-refractivity contribution in [2.24, 2.45) is 5.73 Å². The minimum absolute atomic E-state index is 0.0817. The predicted molar refractivity (Wildman–Crippen MR) is 74.3 cm³/mol. The molecule has 0 aliphatic carbocycles. The maximum absolute atomic E-state index is 11.9. The van der Waals surface area contributed by atoms with E-state index >= 15 is 0 Å². The normalized spacial score (nSPS) is 18.3. The van der Waals surface area contributed by atoms with Gasteiger partial charge in [0.25, 0.3) is 0 Å². The van der Waals surface area contributed by atoms with Crippen LogP contribution in [0.15, 0.2) is 0 Å². The maximum atomic E-state index is 11.9. The standard InChI is InChI=1S/C12H25N3OS/c1-14(8-9-15-6-3-4-7-15)12(16)11(13)5-10-17-2/h11H,3-10,13H2,1-2H3/t11-/m0/s1. The number of hydrogen-bond donors (Lipinski definition) is 1. The number of likely N-dealkylation sites (N-methyl/N-ethyl adjacent to an activating group) is 1. The minimum Gasteiger partial charge on any atom is -0.343 e. The lowest BCUT2D eigenvalue weighted by atomic mass is 10.2. The summed E-state index contributed by atoms with van der Waals surface area (Å²) in [7, 11) is 1.86. The molecule has 0 aromatic carbocycles. The van der Waals surface area contributed by atoms with Gasteiger partial charge >= 0.3 is 0 Å². The van der Waals surface area contributed by atoms with Crippen molar-refractivity contribution in [3.05, 3.63) is 0 Å². The first kappa shape index (κ1) is 14.8. The smallest absolute Gasteiger partial charge is 0.239 e. The predicted octanol–water partition coefficient (Wildman–Crippen LogP) is 0.621. The lowest BCUT2D eigenvalue weighted by molar-refractivity contribution is -0.131. The Hall–Kier alpha value is -0.260. The highest BCUT2D eigenvalue weighted by atomic mass is 32.2. The summed E-state index contributed by atoms with van der Waals surface area (Å²) >= 11 is 1.73. The summed E-state index contributed by atoms with van der Waals surface area (Å²) in [5, 5.41) is 0. The molecule has 4 nitrogen and oxygen atoms in total. The van der Waals surface area contributed by atoms with Gasteiger partial charge in [-0.1, -0.05) is 0 Å². The summed E-state index contributed by atoms with van der Waals surface area (Å²) in [6, 6.07) is -0.328. The molecule has 1 amide bonds. The lowest BCUT2D eigenvalue weighted by Crippen LogP contribution is -2.44. The second kappa shape index (κ2) is 7.95. The summed E-state index contributed by atoms with van der Waals surface area (Å²) in [6.45, 7) is 4.14. The number of rotatable bonds is 7. The number of hydrogen-bond acceptors (Lipinski definition) is 4. The minimum atomic E-state index is -0.328. The highest BCUT2D eigenvalue weighted by molar-refractivity contribution is 7.98. The van der Waals surface area contributed by atoms with Crippen molar-refractivity contribution in [1.82, 2.24) is 9.80 Å². The fourth-order valence-corrected chi connectivity index (χ4v) is 2.55. The van der Waals surface area contributed by atoms with Gasteiger partial charge in [-0.05, 0) is 44.4 Å². The number of thioether (sulfide) groups is 1. The first-order valence-electron chi connectivity index (χ1n) is 6.37. The molecule has 5 heteroatoms. The van der Waals surface area contributed by atoms with Crippen LogP contribution in [0.5, 0.6) is 0 Å². The molecule has 1 atom stereocenters. The van der Waals surface area contributed by atoms with Crippen molar-refractivity contribution in [2.75, 3.05) is 45.2 Å². The lowest BCUT2D eigenvalue weighted by Gasteiger charge is -2.24. The molecule has 17 heavy (non-hydrogen) atoms. The van der Waals surface area contributed by atoms with Crippen molar-refractivity contribution >= 4 is 17.7 Å². The van der Waals surface area contributed by atoms with E-state index in [4.69, 9.17) is 5.73 Å². The van der Waals surface area contributed by atoms with Crippen LogP contribution in [-0.4, -0.2) is 67.0 Å². The van der Waals surface area contributed by atoms with Crippen LogP contribution in [0.3, 0.4) is 0 Å². The Morgan fingerprint density at radius 2 is 2.12 bits per heavy atom. The van der Waals surface area contributed by atoms with Crippen molar-refractivity contribution < 1.29 is 4.79 Å². The monoisotopic (exact) mass is 259 g/mol. The number of nitrogens with zero attached hydrogens (tertiary/aromatic N) is 2. The third kappa shape index (κ3) is 5.27. The van der Waals surface area contributed by atoms with Gasteiger partial charge in [-0.3, -0.25) is 4.79 Å². The number of amides is 1. The summed E-state index contributed by atoms with van der Waals surface area (Å²) in [6.07, 6.45) is 5.40. The van der Waals surface area contributed by atoms with E-state index in [0.29, 0.717) is 0 Å². The van der Waals surface area contributed by atoms with Gasteiger partial charge < -0.3 is 15.5 Å². The number of carbonyl (C=O) groups is 1. The largest absolute Gasteiger partial charge is 0.343 e. The van der Waals surface area contributed by atoms with Gasteiger partial charge in [0.05, 0.1) is 6.04 Å². The molecule has 0 saturated carbocycles. The van der Waals surface area contributed by atoms with E-state index < -0.39 is 0 Å². The molecule has 0 radical (unpaired) electrons. The molecule has 1 saturated heterocycles. The molecule has 1 rings (SSSR count). The summed E-state index contributed by atoms with van der Waals surface area (Å²) in [5.41, 5.74) is 5.87. The van der Waals surface area contributed by atoms with Gasteiger partial charge in [-0.15, -0.1) is 0 Å². The molecule has 1 fully saturated rings. The average molecular weight is 259 g/mol. The van der Waals surface area contributed by atoms with E-state index in [9.17, 15) is 4.79 Å². The van der Waals surface area contributed by atoms with Gasteiger partial charge in [0, 0.05) is 20.1 Å². The summed E-state index contributed by atoms with van der Waals surface area (Å²) in [5.74, 6) is 1.03. The molecule has 0 spiro atoms. The first-order chi connectivity index (χ1) is 8.15. The van der Waals surface area contributed by atoms with Crippen molar-refractivity contribution in [1.29, 1.82) is 0 Å². The molecule has 1 aliphatic rings. The molecular weight excluding hydrogens is 234 g/mol. The average Bonchev–Trinajstić information content (AvgIpc) is 2.85. The molecule has 0 aromatic heterocycles. The summed E-state index contributed by atoms with van der Waals surface area (Å²) < 4.78 is 0. The topological polar surface area (TPSA) is 49.6 Å². The molecule has 1 heterocycles. The van der Waals surface area contributed by atoms with E-state index in [1.807, 2.05) is 13.3 Å². The maximum Gasteiger partial charge on any atom is 0.239 e. The van der Waals surface area contributed by atoms with E-state index in [-0.39, 0.29) is 11.9 Å².